The molecule has 0 radical (unpaired) electrons. The van der Waals surface area contributed by atoms with Crippen LogP contribution in [-0.2, 0) is 0 Å². The van der Waals surface area contributed by atoms with Crippen molar-refractivity contribution < 1.29 is 9.21 Å². The lowest BCUT2D eigenvalue weighted by Gasteiger charge is -2.11. The Hall–Kier alpha value is -2.74. The third-order valence-electron chi connectivity index (χ3n) is 4.31. The Balaban J connectivity index is 1.76. The fourth-order valence-electron chi connectivity index (χ4n) is 2.70. The Morgan fingerprint density at radius 2 is 1.93 bits per heavy atom. The smallest absolute Gasteiger partial charge is 0.320 e. The van der Waals surface area contributed by atoms with Crippen molar-refractivity contribution in [3.05, 3.63) is 30.5 Å². The van der Waals surface area contributed by atoms with Crippen LogP contribution in [0.2, 0.25) is 19.6 Å². The van der Waals surface area contributed by atoms with E-state index in [4.69, 9.17) is 4.42 Å². The molecule has 0 bridgehead atoms. The molecule has 0 saturated carbocycles. The zero-order valence-electron chi connectivity index (χ0n) is 16.9. The number of aromatic nitrogens is 3. The van der Waals surface area contributed by atoms with Crippen molar-refractivity contribution in [1.29, 1.82) is 0 Å². The van der Waals surface area contributed by atoms with Gasteiger partial charge in [0.25, 0.3) is 0 Å². The molecule has 2 amide bonds. The summed E-state index contributed by atoms with van der Waals surface area (Å²) in [6.45, 7) is 9.47. The van der Waals surface area contributed by atoms with E-state index in [1.807, 2.05) is 12.1 Å². The van der Waals surface area contributed by atoms with Gasteiger partial charge in [-0.2, -0.15) is 0 Å². The molecule has 0 saturated heterocycles. The zero-order valence-corrected chi connectivity index (χ0v) is 17.9. The molecule has 0 spiro atoms. The van der Waals surface area contributed by atoms with Crippen molar-refractivity contribution in [3.63, 3.8) is 0 Å². The van der Waals surface area contributed by atoms with Gasteiger partial charge in [0.05, 0.1) is 11.6 Å². The molecule has 28 heavy (non-hydrogen) atoms. The minimum atomic E-state index is -1.53. The highest BCUT2D eigenvalue weighted by atomic mass is 28.3. The molecule has 3 aromatic rings. The van der Waals surface area contributed by atoms with Gasteiger partial charge in [-0.3, -0.25) is 10.3 Å². The summed E-state index contributed by atoms with van der Waals surface area (Å²) in [5.41, 5.74) is 1.76. The molecule has 0 atom stereocenters. The molecule has 0 aliphatic heterocycles. The number of hydrogen-bond acceptors (Lipinski definition) is 5. The van der Waals surface area contributed by atoms with Crippen LogP contribution in [0.15, 0.2) is 34.9 Å². The van der Waals surface area contributed by atoms with Crippen LogP contribution in [0.25, 0.3) is 22.6 Å². The van der Waals surface area contributed by atoms with Crippen molar-refractivity contribution in [1.82, 2.24) is 20.3 Å². The largest absolute Gasteiger partial charge is 0.465 e. The number of amides is 2. The lowest BCUT2D eigenvalue weighted by atomic mass is 10.2. The summed E-state index contributed by atoms with van der Waals surface area (Å²) < 4.78 is 5.99. The molecule has 148 valence electrons. The highest BCUT2D eigenvalue weighted by molar-refractivity contribution is 6.87. The van der Waals surface area contributed by atoms with Crippen molar-refractivity contribution in [3.8, 4) is 11.5 Å². The number of rotatable bonds is 7. The van der Waals surface area contributed by atoms with Gasteiger partial charge in [0.15, 0.2) is 11.4 Å². The predicted molar refractivity (Wildman–Crippen MR) is 115 cm³/mol. The second-order valence-corrected chi connectivity index (χ2v) is 12.8. The summed E-state index contributed by atoms with van der Waals surface area (Å²) in [7, 11) is -1.53. The molecule has 0 fully saturated rings. The van der Waals surface area contributed by atoms with Crippen molar-refractivity contribution >= 4 is 36.5 Å². The first-order valence-corrected chi connectivity index (χ1v) is 13.2. The summed E-state index contributed by atoms with van der Waals surface area (Å²) in [4.78, 5) is 25.4. The minimum Gasteiger partial charge on any atom is -0.465 e. The second-order valence-electron chi connectivity index (χ2n) is 7.80. The third-order valence-corrected chi connectivity index (χ3v) is 6.06. The van der Waals surface area contributed by atoms with E-state index in [1.165, 1.54) is 0 Å². The van der Waals surface area contributed by atoms with Gasteiger partial charge in [-0.25, -0.2) is 14.8 Å². The van der Waals surface area contributed by atoms with Gasteiger partial charge >= 0.3 is 6.03 Å². The number of fused-ring (bicyclic) bond motifs is 1. The van der Waals surface area contributed by atoms with Crippen LogP contribution >= 0.6 is 0 Å². The number of urea groups is 1. The van der Waals surface area contributed by atoms with E-state index in [-0.39, 0.29) is 6.03 Å². The number of carbonyl (C=O) groups is 1. The van der Waals surface area contributed by atoms with Crippen LogP contribution in [0, 0.1) is 0 Å². The van der Waals surface area contributed by atoms with Gasteiger partial charge in [-0.1, -0.05) is 39.4 Å². The number of carbonyl (C=O) groups excluding carboxylic acids is 1. The van der Waals surface area contributed by atoms with Crippen LogP contribution in [0.4, 0.5) is 10.6 Å². The Morgan fingerprint density at radius 1 is 1.11 bits per heavy atom. The highest BCUT2D eigenvalue weighted by Gasteiger charge is 2.21. The zero-order chi connectivity index (χ0) is 20.1. The van der Waals surface area contributed by atoms with Crippen LogP contribution < -0.4 is 16.0 Å². The maximum atomic E-state index is 12.0. The fourth-order valence-corrected chi connectivity index (χ4v) is 3.70. The Labute approximate surface area is 166 Å². The van der Waals surface area contributed by atoms with Crippen LogP contribution in [-0.4, -0.2) is 35.6 Å². The first-order valence-electron chi connectivity index (χ1n) is 9.66. The predicted octanol–water partition coefficient (Wildman–Crippen LogP) is 4.14. The van der Waals surface area contributed by atoms with E-state index in [2.05, 4.69) is 52.2 Å². The lowest BCUT2D eigenvalue weighted by molar-refractivity contribution is 0.252. The number of furan rings is 1. The maximum absolute atomic E-state index is 12.0. The molecular formula is C20H27N5O2Si. The van der Waals surface area contributed by atoms with E-state index in [0.29, 0.717) is 35.0 Å². The monoisotopic (exact) mass is 397 g/mol. The maximum Gasteiger partial charge on any atom is 0.320 e. The molecule has 2 N–H and O–H groups in total. The second kappa shape index (κ2) is 8.51. The molecule has 0 aliphatic carbocycles. The van der Waals surface area contributed by atoms with Gasteiger partial charge in [-0.15, -0.1) is 0 Å². The van der Waals surface area contributed by atoms with Crippen molar-refractivity contribution in [2.45, 2.75) is 45.8 Å². The first-order chi connectivity index (χ1) is 13.4. The van der Waals surface area contributed by atoms with Crippen LogP contribution in [0.5, 0.6) is 0 Å². The summed E-state index contributed by atoms with van der Waals surface area (Å²) in [6, 6.07) is 7.19. The molecule has 3 aromatic heterocycles. The Morgan fingerprint density at radius 3 is 2.64 bits per heavy atom. The highest BCUT2D eigenvalue weighted by Crippen LogP contribution is 2.20. The number of pyridine rings is 1. The number of nitrogens with one attached hydrogen (secondary N) is 2. The Bertz CT molecular complexity index is 965. The topological polar surface area (TPSA) is 92.9 Å². The molecule has 8 heteroatoms. The van der Waals surface area contributed by atoms with Gasteiger partial charge in [0.2, 0.25) is 0 Å². The Kier molecular flexibility index (Phi) is 6.08. The van der Waals surface area contributed by atoms with E-state index >= 15 is 0 Å². The summed E-state index contributed by atoms with van der Waals surface area (Å²) in [5.74, 6) is 1.12. The average Bonchev–Trinajstić information content (AvgIpc) is 3.15. The molecular weight excluding hydrogens is 370 g/mol. The van der Waals surface area contributed by atoms with Crippen LogP contribution in [0.1, 0.15) is 26.2 Å². The number of hydrogen-bond donors (Lipinski definition) is 2. The van der Waals surface area contributed by atoms with Gasteiger partial charge in [0, 0.05) is 6.54 Å². The van der Waals surface area contributed by atoms with E-state index in [9.17, 15) is 4.79 Å². The molecule has 0 aliphatic rings. The number of anilines is 1. The molecule has 3 rings (SSSR count). The van der Waals surface area contributed by atoms with Crippen molar-refractivity contribution in [2.24, 2.45) is 0 Å². The average molecular weight is 398 g/mol. The van der Waals surface area contributed by atoms with Gasteiger partial charge in [-0.05, 0) is 30.7 Å². The summed E-state index contributed by atoms with van der Waals surface area (Å²) >= 11 is 0. The van der Waals surface area contributed by atoms with E-state index in [0.717, 1.165) is 24.6 Å². The summed E-state index contributed by atoms with van der Waals surface area (Å²) in [5, 5.41) is 6.60. The molecule has 7 nitrogen and oxygen atoms in total. The first kappa shape index (κ1) is 20.0. The minimum absolute atomic E-state index is 0.266. The molecule has 0 aromatic carbocycles. The fraction of sp³-hybridized carbons (Fsp3) is 0.400. The SMILES string of the molecule is CCCCCNC(=O)Nc1ccc2ncc(-c3ccc([Si](C)(C)C)o3)nc2n1. The van der Waals surface area contributed by atoms with E-state index in [1.54, 1.807) is 18.3 Å². The number of nitrogens with zero attached hydrogens (tertiary/aromatic N) is 3. The standard InChI is InChI=1S/C20H27N5O2Si/c1-5-6-7-12-21-20(26)25-17-10-8-14-19(24-17)23-15(13-22-14)16-9-11-18(27-16)28(2,3)4/h8-11,13H,5-7,12H2,1-4H3,(H2,21,23,24,25,26). The van der Waals surface area contributed by atoms with Crippen molar-refractivity contribution in [2.75, 3.05) is 11.9 Å². The van der Waals surface area contributed by atoms with Crippen LogP contribution in [0.3, 0.4) is 0 Å². The van der Waals surface area contributed by atoms with Gasteiger partial charge < -0.3 is 9.73 Å². The quantitative estimate of drug-likeness (QED) is 0.462. The van der Waals surface area contributed by atoms with E-state index < -0.39 is 8.07 Å². The molecule has 3 heterocycles. The third kappa shape index (κ3) is 4.95. The normalized spacial score (nSPS) is 11.6. The van der Waals surface area contributed by atoms with Gasteiger partial charge in [0.1, 0.15) is 25.1 Å². The lowest BCUT2D eigenvalue weighted by Crippen LogP contribution is -2.36. The molecule has 0 unspecified atom stereocenters. The summed E-state index contributed by atoms with van der Waals surface area (Å²) in [6.07, 6.45) is 4.86. The number of unbranched alkanes of at least 4 members (excludes halogenated alkanes) is 2.